The molecule has 1 fully saturated rings. The Hall–Kier alpha value is -1.13. The second-order valence-corrected chi connectivity index (χ2v) is 5.68. The Bertz CT molecular complexity index is 410. The van der Waals surface area contributed by atoms with E-state index in [4.69, 9.17) is 4.74 Å². The molecule has 20 heavy (non-hydrogen) atoms. The van der Waals surface area contributed by atoms with Crippen molar-refractivity contribution in [1.82, 2.24) is 10.3 Å². The maximum Gasteiger partial charge on any atom is 0.128 e. The van der Waals surface area contributed by atoms with Crippen LogP contribution in [0.1, 0.15) is 38.3 Å². The van der Waals surface area contributed by atoms with Crippen LogP contribution in [0.25, 0.3) is 0 Å². The average Bonchev–Trinajstić information content (AvgIpc) is 2.94. The first-order chi connectivity index (χ1) is 9.74. The summed E-state index contributed by atoms with van der Waals surface area (Å²) in [5, 5.41) is 3.53. The lowest BCUT2D eigenvalue weighted by atomic mass is 10.1. The average molecular weight is 277 g/mol. The van der Waals surface area contributed by atoms with Crippen molar-refractivity contribution < 1.29 is 4.74 Å². The molecule has 112 valence electrons. The lowest BCUT2D eigenvalue weighted by molar-refractivity contribution is 0.161. The molecular weight excluding hydrogens is 250 g/mol. The van der Waals surface area contributed by atoms with E-state index in [2.05, 4.69) is 41.2 Å². The fourth-order valence-corrected chi connectivity index (χ4v) is 2.77. The summed E-state index contributed by atoms with van der Waals surface area (Å²) in [6.45, 7) is 8.45. The minimum atomic E-state index is 0.383. The van der Waals surface area contributed by atoms with Crippen molar-refractivity contribution in [2.75, 3.05) is 38.3 Å². The topological polar surface area (TPSA) is 37.4 Å². The minimum absolute atomic E-state index is 0.383. The first kappa shape index (κ1) is 15.3. The van der Waals surface area contributed by atoms with Gasteiger partial charge in [-0.25, -0.2) is 4.98 Å². The van der Waals surface area contributed by atoms with E-state index in [1.165, 1.54) is 12.0 Å². The van der Waals surface area contributed by atoms with Crippen LogP contribution in [0.15, 0.2) is 18.3 Å². The molecule has 0 amide bonds. The molecule has 2 unspecified atom stereocenters. The molecule has 1 aromatic heterocycles. The van der Waals surface area contributed by atoms with Gasteiger partial charge in [-0.15, -0.1) is 0 Å². The number of nitrogens with zero attached hydrogens (tertiary/aromatic N) is 2. The summed E-state index contributed by atoms with van der Waals surface area (Å²) < 4.78 is 5.26. The maximum atomic E-state index is 5.26. The van der Waals surface area contributed by atoms with Crippen molar-refractivity contribution in [3.05, 3.63) is 23.9 Å². The van der Waals surface area contributed by atoms with Gasteiger partial charge in [0.15, 0.2) is 0 Å². The number of methoxy groups -OCH3 is 1. The van der Waals surface area contributed by atoms with Crippen molar-refractivity contribution in [3.8, 4) is 0 Å². The highest BCUT2D eigenvalue weighted by Crippen LogP contribution is 2.24. The van der Waals surface area contributed by atoms with E-state index in [-0.39, 0.29) is 0 Å². The molecule has 1 aliphatic rings. The third-order valence-corrected chi connectivity index (χ3v) is 3.98. The van der Waals surface area contributed by atoms with Gasteiger partial charge in [0.05, 0.1) is 6.61 Å². The van der Waals surface area contributed by atoms with Crippen LogP contribution >= 0.6 is 0 Å². The van der Waals surface area contributed by atoms with Crippen LogP contribution in [0.2, 0.25) is 0 Å². The van der Waals surface area contributed by atoms with Gasteiger partial charge < -0.3 is 15.0 Å². The Balaban J connectivity index is 1.99. The second-order valence-electron chi connectivity index (χ2n) is 5.68. The van der Waals surface area contributed by atoms with Crippen LogP contribution in [0.4, 0.5) is 5.82 Å². The number of rotatable bonds is 7. The van der Waals surface area contributed by atoms with Crippen molar-refractivity contribution in [1.29, 1.82) is 0 Å². The smallest absolute Gasteiger partial charge is 0.128 e. The van der Waals surface area contributed by atoms with E-state index in [0.717, 1.165) is 38.5 Å². The highest BCUT2D eigenvalue weighted by molar-refractivity contribution is 5.42. The van der Waals surface area contributed by atoms with Crippen LogP contribution in [0, 0.1) is 5.92 Å². The Morgan fingerprint density at radius 3 is 3.15 bits per heavy atom. The van der Waals surface area contributed by atoms with E-state index in [0.29, 0.717) is 12.0 Å². The van der Waals surface area contributed by atoms with Crippen LogP contribution in [0.5, 0.6) is 0 Å². The highest BCUT2D eigenvalue weighted by atomic mass is 16.5. The molecule has 1 aliphatic heterocycles. The van der Waals surface area contributed by atoms with Gasteiger partial charge in [0.25, 0.3) is 0 Å². The summed E-state index contributed by atoms with van der Waals surface area (Å²) in [6.07, 6.45) is 4.29. The van der Waals surface area contributed by atoms with E-state index < -0.39 is 0 Å². The molecule has 4 nitrogen and oxygen atoms in total. The molecule has 0 bridgehead atoms. The molecule has 0 saturated carbocycles. The largest absolute Gasteiger partial charge is 0.384 e. The Kier molecular flexibility index (Phi) is 5.80. The minimum Gasteiger partial charge on any atom is -0.384 e. The number of aromatic nitrogens is 1. The molecule has 4 heteroatoms. The number of pyridine rings is 1. The molecular formula is C16H27N3O. The molecule has 1 N–H and O–H groups in total. The number of ether oxygens (including phenoxy) is 1. The van der Waals surface area contributed by atoms with Crippen LogP contribution in [-0.4, -0.2) is 38.3 Å². The predicted molar refractivity (Wildman–Crippen MR) is 83.1 cm³/mol. The van der Waals surface area contributed by atoms with Gasteiger partial charge >= 0.3 is 0 Å². The summed E-state index contributed by atoms with van der Waals surface area (Å²) in [5.74, 6) is 1.74. The van der Waals surface area contributed by atoms with Crippen molar-refractivity contribution in [3.63, 3.8) is 0 Å². The monoisotopic (exact) mass is 277 g/mol. The third kappa shape index (κ3) is 3.93. The van der Waals surface area contributed by atoms with Crippen LogP contribution in [-0.2, 0) is 4.74 Å². The number of hydrogen-bond acceptors (Lipinski definition) is 4. The molecule has 0 spiro atoms. The van der Waals surface area contributed by atoms with Crippen LogP contribution in [0.3, 0.4) is 0 Å². The molecule has 0 radical (unpaired) electrons. The maximum absolute atomic E-state index is 5.26. The standard InChI is InChI=1S/C16H27N3O/c1-4-7-17-13(2)15-5-8-18-16(10-15)19-9-6-14(11-19)12-20-3/h5,8,10,13-14,17H,4,6-7,9,11-12H2,1-3H3. The second kappa shape index (κ2) is 7.60. The highest BCUT2D eigenvalue weighted by Gasteiger charge is 2.23. The number of anilines is 1. The third-order valence-electron chi connectivity index (χ3n) is 3.98. The van der Waals surface area contributed by atoms with E-state index in [1.807, 2.05) is 6.20 Å². The Morgan fingerprint density at radius 2 is 2.40 bits per heavy atom. The zero-order valence-corrected chi connectivity index (χ0v) is 12.9. The molecule has 0 aliphatic carbocycles. The SMILES string of the molecule is CCCNC(C)c1ccnc(N2CCC(COC)C2)c1. The van der Waals surface area contributed by atoms with Crippen molar-refractivity contribution in [2.24, 2.45) is 5.92 Å². The van der Waals surface area contributed by atoms with Crippen molar-refractivity contribution >= 4 is 5.82 Å². The lowest BCUT2D eigenvalue weighted by Gasteiger charge is -2.20. The lowest BCUT2D eigenvalue weighted by Crippen LogP contribution is -2.23. The Labute approximate surface area is 122 Å². The first-order valence-electron chi connectivity index (χ1n) is 7.67. The zero-order chi connectivity index (χ0) is 14.4. The summed E-state index contributed by atoms with van der Waals surface area (Å²) in [7, 11) is 1.78. The number of nitrogens with one attached hydrogen (secondary N) is 1. The van der Waals surface area contributed by atoms with Gasteiger partial charge in [-0.2, -0.15) is 0 Å². The summed E-state index contributed by atoms with van der Waals surface area (Å²) in [5.41, 5.74) is 1.32. The number of hydrogen-bond donors (Lipinski definition) is 1. The van der Waals surface area contributed by atoms with Gasteiger partial charge in [-0.3, -0.25) is 0 Å². The Morgan fingerprint density at radius 1 is 1.55 bits per heavy atom. The summed E-state index contributed by atoms with van der Waals surface area (Å²) in [4.78, 5) is 6.91. The van der Waals surface area contributed by atoms with Gasteiger partial charge in [-0.05, 0) is 44.0 Å². The summed E-state index contributed by atoms with van der Waals surface area (Å²) >= 11 is 0. The fourth-order valence-electron chi connectivity index (χ4n) is 2.77. The quantitative estimate of drug-likeness (QED) is 0.831. The first-order valence-corrected chi connectivity index (χ1v) is 7.67. The van der Waals surface area contributed by atoms with Gasteiger partial charge in [0.1, 0.15) is 5.82 Å². The van der Waals surface area contributed by atoms with E-state index in [9.17, 15) is 0 Å². The zero-order valence-electron chi connectivity index (χ0n) is 12.9. The van der Waals surface area contributed by atoms with Gasteiger partial charge in [0.2, 0.25) is 0 Å². The van der Waals surface area contributed by atoms with E-state index in [1.54, 1.807) is 7.11 Å². The predicted octanol–water partition coefficient (Wildman–Crippen LogP) is 2.61. The van der Waals surface area contributed by atoms with Crippen molar-refractivity contribution in [2.45, 2.75) is 32.7 Å². The molecule has 2 heterocycles. The van der Waals surface area contributed by atoms with E-state index >= 15 is 0 Å². The molecule has 2 rings (SSSR count). The van der Waals surface area contributed by atoms with Crippen LogP contribution < -0.4 is 10.2 Å². The fraction of sp³-hybridized carbons (Fsp3) is 0.688. The molecule has 1 saturated heterocycles. The normalized spacial score (nSPS) is 20.4. The molecule has 0 aromatic carbocycles. The molecule has 1 aromatic rings. The van der Waals surface area contributed by atoms with Gasteiger partial charge in [0, 0.05) is 38.4 Å². The van der Waals surface area contributed by atoms with Gasteiger partial charge in [-0.1, -0.05) is 6.92 Å². The summed E-state index contributed by atoms with van der Waals surface area (Å²) in [6, 6.07) is 4.72. The molecule has 2 atom stereocenters.